The van der Waals surface area contributed by atoms with Crippen molar-refractivity contribution in [3.63, 3.8) is 0 Å². The molecule has 0 saturated heterocycles. The van der Waals surface area contributed by atoms with Gasteiger partial charge in [0.05, 0.1) is 12.9 Å². The molecule has 2 amide bonds. The van der Waals surface area contributed by atoms with E-state index in [9.17, 15) is 9.59 Å². The predicted octanol–water partition coefficient (Wildman–Crippen LogP) is 4.99. The van der Waals surface area contributed by atoms with E-state index in [-0.39, 0.29) is 11.8 Å². The Kier molecular flexibility index (Phi) is 6.92. The number of hydrogen-bond donors (Lipinski definition) is 2. The van der Waals surface area contributed by atoms with E-state index in [0.29, 0.717) is 22.8 Å². The van der Waals surface area contributed by atoms with Crippen molar-refractivity contribution in [1.82, 2.24) is 0 Å². The number of nitrogens with one attached hydrogen (secondary N) is 2. The van der Waals surface area contributed by atoms with E-state index >= 15 is 0 Å². The fourth-order valence-corrected chi connectivity index (χ4v) is 3.33. The molecule has 3 rings (SSSR count). The first-order valence-electron chi connectivity index (χ1n) is 9.09. The highest BCUT2D eigenvalue weighted by Gasteiger charge is 2.08. The van der Waals surface area contributed by atoms with Crippen LogP contribution in [0.3, 0.4) is 0 Å². The van der Waals surface area contributed by atoms with Crippen molar-refractivity contribution >= 4 is 35.0 Å². The molecule has 29 heavy (non-hydrogen) atoms. The molecule has 0 spiro atoms. The molecule has 0 fully saturated rings. The van der Waals surface area contributed by atoms with Crippen molar-refractivity contribution in [1.29, 1.82) is 0 Å². The molecule has 2 N–H and O–H groups in total. The summed E-state index contributed by atoms with van der Waals surface area (Å²) in [7, 11) is 1.58. The molecule has 0 radical (unpaired) electrons. The lowest BCUT2D eigenvalue weighted by molar-refractivity contribution is -0.113. The molecule has 3 aromatic rings. The summed E-state index contributed by atoms with van der Waals surface area (Å²) in [6.45, 7) is 1.96. The van der Waals surface area contributed by atoms with Crippen LogP contribution in [0.4, 0.5) is 11.4 Å². The van der Waals surface area contributed by atoms with Gasteiger partial charge in [0.2, 0.25) is 5.91 Å². The van der Waals surface area contributed by atoms with E-state index in [0.717, 1.165) is 16.1 Å². The number of rotatable bonds is 7. The molecular weight excluding hydrogens is 384 g/mol. The highest BCUT2D eigenvalue weighted by Crippen LogP contribution is 2.22. The number of para-hydroxylation sites is 1. The Morgan fingerprint density at radius 3 is 2.24 bits per heavy atom. The van der Waals surface area contributed by atoms with Crippen molar-refractivity contribution in [3.05, 3.63) is 83.9 Å². The summed E-state index contributed by atoms with van der Waals surface area (Å²) in [5.41, 5.74) is 3.11. The number of carbonyl (C=O) groups is 2. The lowest BCUT2D eigenvalue weighted by Gasteiger charge is -2.09. The fraction of sp³-hybridized carbons (Fsp3) is 0.130. The topological polar surface area (TPSA) is 67.4 Å². The minimum absolute atomic E-state index is 0.0545. The maximum absolute atomic E-state index is 12.3. The van der Waals surface area contributed by atoms with Gasteiger partial charge >= 0.3 is 0 Å². The van der Waals surface area contributed by atoms with Crippen molar-refractivity contribution in [2.75, 3.05) is 23.5 Å². The van der Waals surface area contributed by atoms with E-state index in [2.05, 4.69) is 10.6 Å². The molecule has 148 valence electrons. The first-order valence-corrected chi connectivity index (χ1v) is 10.1. The van der Waals surface area contributed by atoms with Gasteiger partial charge in [-0.15, -0.1) is 11.8 Å². The standard InChI is InChI=1S/C23H22N2O3S/c1-16-5-3-4-6-21(16)25-22(26)15-29-20-13-9-18(10-14-20)24-23(27)17-7-11-19(28-2)12-8-17/h3-14H,15H2,1-2H3,(H,24,27)(H,25,26). The summed E-state index contributed by atoms with van der Waals surface area (Å²) in [6, 6.07) is 22.0. The highest BCUT2D eigenvalue weighted by atomic mass is 32.2. The number of carbonyl (C=O) groups excluding carboxylic acids is 2. The molecule has 0 saturated carbocycles. The first kappa shape index (κ1) is 20.5. The largest absolute Gasteiger partial charge is 0.497 e. The predicted molar refractivity (Wildman–Crippen MR) is 118 cm³/mol. The summed E-state index contributed by atoms with van der Waals surface area (Å²) in [6.07, 6.45) is 0. The lowest BCUT2D eigenvalue weighted by atomic mass is 10.2. The van der Waals surface area contributed by atoms with E-state index in [1.807, 2.05) is 55.5 Å². The molecular formula is C23H22N2O3S. The van der Waals surface area contributed by atoms with E-state index < -0.39 is 0 Å². The van der Waals surface area contributed by atoms with E-state index in [1.165, 1.54) is 11.8 Å². The molecule has 3 aromatic carbocycles. The number of anilines is 2. The zero-order valence-electron chi connectivity index (χ0n) is 16.3. The molecule has 5 nitrogen and oxygen atoms in total. The number of ether oxygens (including phenoxy) is 1. The molecule has 0 aliphatic rings. The lowest BCUT2D eigenvalue weighted by Crippen LogP contribution is -2.14. The zero-order valence-corrected chi connectivity index (χ0v) is 17.1. The van der Waals surface area contributed by atoms with Crippen LogP contribution in [0.2, 0.25) is 0 Å². The Morgan fingerprint density at radius 2 is 1.59 bits per heavy atom. The Morgan fingerprint density at radius 1 is 0.897 bits per heavy atom. The van der Waals surface area contributed by atoms with Crippen LogP contribution >= 0.6 is 11.8 Å². The second-order valence-electron chi connectivity index (χ2n) is 6.36. The molecule has 0 atom stereocenters. The third kappa shape index (κ3) is 5.86. The highest BCUT2D eigenvalue weighted by molar-refractivity contribution is 8.00. The van der Waals surface area contributed by atoms with Gasteiger partial charge in [-0.25, -0.2) is 0 Å². The molecule has 0 heterocycles. The van der Waals surface area contributed by atoms with Gasteiger partial charge in [0.15, 0.2) is 0 Å². The molecule has 0 unspecified atom stereocenters. The van der Waals surface area contributed by atoms with Crippen LogP contribution in [0.15, 0.2) is 77.7 Å². The Hall–Kier alpha value is -3.25. The van der Waals surface area contributed by atoms with Gasteiger partial charge in [0, 0.05) is 21.8 Å². The van der Waals surface area contributed by atoms with Gasteiger partial charge in [-0.1, -0.05) is 18.2 Å². The van der Waals surface area contributed by atoms with Crippen LogP contribution in [0.1, 0.15) is 15.9 Å². The van der Waals surface area contributed by atoms with Crippen LogP contribution in [0, 0.1) is 6.92 Å². The average Bonchev–Trinajstić information content (AvgIpc) is 2.75. The normalized spacial score (nSPS) is 10.3. The van der Waals surface area contributed by atoms with Crippen molar-refractivity contribution in [2.24, 2.45) is 0 Å². The number of hydrogen-bond acceptors (Lipinski definition) is 4. The number of amides is 2. The van der Waals surface area contributed by atoms with Crippen LogP contribution in [-0.4, -0.2) is 24.7 Å². The van der Waals surface area contributed by atoms with Gasteiger partial charge in [0.25, 0.3) is 5.91 Å². The first-order chi connectivity index (χ1) is 14.0. The third-order valence-corrected chi connectivity index (χ3v) is 5.27. The maximum atomic E-state index is 12.3. The zero-order chi connectivity index (χ0) is 20.6. The summed E-state index contributed by atoms with van der Waals surface area (Å²) >= 11 is 1.44. The summed E-state index contributed by atoms with van der Waals surface area (Å²) < 4.78 is 5.10. The van der Waals surface area contributed by atoms with Gasteiger partial charge in [-0.3, -0.25) is 9.59 Å². The molecule has 0 aliphatic carbocycles. The van der Waals surface area contributed by atoms with Gasteiger partial charge in [-0.05, 0) is 67.1 Å². The number of thioether (sulfide) groups is 1. The van der Waals surface area contributed by atoms with Gasteiger partial charge in [-0.2, -0.15) is 0 Å². The second-order valence-corrected chi connectivity index (χ2v) is 7.41. The smallest absolute Gasteiger partial charge is 0.255 e. The number of aryl methyl sites for hydroxylation is 1. The Balaban J connectivity index is 1.51. The number of benzene rings is 3. The van der Waals surface area contributed by atoms with E-state index in [4.69, 9.17) is 4.74 Å². The van der Waals surface area contributed by atoms with Crippen molar-refractivity contribution < 1.29 is 14.3 Å². The molecule has 0 aromatic heterocycles. The molecule has 6 heteroatoms. The minimum Gasteiger partial charge on any atom is -0.497 e. The Labute approximate surface area is 174 Å². The van der Waals surface area contributed by atoms with Crippen LogP contribution in [0.5, 0.6) is 5.75 Å². The average molecular weight is 407 g/mol. The third-order valence-electron chi connectivity index (χ3n) is 4.25. The summed E-state index contributed by atoms with van der Waals surface area (Å²) in [4.78, 5) is 25.4. The van der Waals surface area contributed by atoms with Crippen LogP contribution in [-0.2, 0) is 4.79 Å². The van der Waals surface area contributed by atoms with Gasteiger partial charge < -0.3 is 15.4 Å². The monoisotopic (exact) mass is 406 g/mol. The number of methoxy groups -OCH3 is 1. The SMILES string of the molecule is COc1ccc(C(=O)Nc2ccc(SCC(=O)Nc3ccccc3C)cc2)cc1. The minimum atomic E-state index is -0.189. The maximum Gasteiger partial charge on any atom is 0.255 e. The fourth-order valence-electron chi connectivity index (χ4n) is 2.63. The quantitative estimate of drug-likeness (QED) is 0.543. The Bertz CT molecular complexity index is 986. The molecule has 0 bridgehead atoms. The van der Waals surface area contributed by atoms with Crippen LogP contribution in [0.25, 0.3) is 0 Å². The van der Waals surface area contributed by atoms with Crippen LogP contribution < -0.4 is 15.4 Å². The van der Waals surface area contributed by atoms with Crippen molar-refractivity contribution in [2.45, 2.75) is 11.8 Å². The van der Waals surface area contributed by atoms with E-state index in [1.54, 1.807) is 31.4 Å². The summed E-state index contributed by atoms with van der Waals surface area (Å²) in [5.74, 6) is 0.771. The van der Waals surface area contributed by atoms with Crippen molar-refractivity contribution in [3.8, 4) is 5.75 Å². The summed E-state index contributed by atoms with van der Waals surface area (Å²) in [5, 5.41) is 5.78. The molecule has 0 aliphatic heterocycles. The second kappa shape index (κ2) is 9.80. The van der Waals surface area contributed by atoms with Gasteiger partial charge in [0.1, 0.15) is 5.75 Å².